The van der Waals surface area contributed by atoms with Gasteiger partial charge in [-0.15, -0.1) is 10.2 Å². The van der Waals surface area contributed by atoms with E-state index in [1.165, 1.54) is 12.1 Å². The molecule has 0 saturated heterocycles. The number of hydrogen-bond donors (Lipinski definition) is 1. The van der Waals surface area contributed by atoms with Gasteiger partial charge in [0, 0.05) is 17.3 Å². The Hall–Kier alpha value is -3.54. The lowest BCUT2D eigenvalue weighted by molar-refractivity contribution is 0.628. The van der Waals surface area contributed by atoms with Crippen molar-refractivity contribution in [2.75, 3.05) is 5.32 Å². The minimum absolute atomic E-state index is 0.284. The van der Waals surface area contributed by atoms with Crippen molar-refractivity contribution in [2.24, 2.45) is 0 Å². The number of para-hydroxylation sites is 1. The van der Waals surface area contributed by atoms with E-state index in [9.17, 15) is 4.39 Å². The Bertz CT molecular complexity index is 1090. The Morgan fingerprint density at radius 3 is 2.52 bits per heavy atom. The van der Waals surface area contributed by atoms with Gasteiger partial charge in [-0.1, -0.05) is 12.1 Å². The summed E-state index contributed by atoms with van der Waals surface area (Å²) in [6.45, 7) is 0. The molecule has 0 amide bonds. The molecule has 0 bridgehead atoms. The van der Waals surface area contributed by atoms with Gasteiger partial charge in [-0.25, -0.2) is 9.37 Å². The van der Waals surface area contributed by atoms with Crippen LogP contribution in [0.25, 0.3) is 28.5 Å². The lowest BCUT2D eigenvalue weighted by atomic mass is 10.1. The molecule has 0 atom stereocenters. The van der Waals surface area contributed by atoms with Crippen molar-refractivity contribution in [3.05, 3.63) is 72.7 Å². The second kappa shape index (κ2) is 5.24. The molecule has 0 radical (unpaired) electrons. The first-order chi connectivity index (χ1) is 12.3. The fourth-order valence-corrected chi connectivity index (χ4v) is 3.06. The van der Waals surface area contributed by atoms with Crippen LogP contribution in [0.5, 0.6) is 0 Å². The Morgan fingerprint density at radius 2 is 1.64 bits per heavy atom. The number of benzene rings is 2. The van der Waals surface area contributed by atoms with Crippen molar-refractivity contribution in [2.45, 2.75) is 0 Å². The average molecular weight is 329 g/mol. The third-order valence-electron chi connectivity index (χ3n) is 4.21. The van der Waals surface area contributed by atoms with Gasteiger partial charge in [0.1, 0.15) is 5.82 Å². The van der Waals surface area contributed by atoms with Gasteiger partial charge in [0.2, 0.25) is 0 Å². The highest BCUT2D eigenvalue weighted by molar-refractivity contribution is 5.84. The molecule has 1 N–H and O–H groups in total. The smallest absolute Gasteiger partial charge is 0.171 e. The van der Waals surface area contributed by atoms with Crippen LogP contribution in [0.2, 0.25) is 0 Å². The fourth-order valence-electron chi connectivity index (χ4n) is 3.06. The molecule has 5 rings (SSSR count). The van der Waals surface area contributed by atoms with Crippen LogP contribution in [0.4, 0.5) is 15.9 Å². The molecule has 6 heteroatoms. The van der Waals surface area contributed by atoms with Gasteiger partial charge >= 0.3 is 0 Å². The number of aromatic nitrogens is 4. The molecule has 25 heavy (non-hydrogen) atoms. The van der Waals surface area contributed by atoms with Crippen molar-refractivity contribution in [1.82, 2.24) is 19.7 Å². The summed E-state index contributed by atoms with van der Waals surface area (Å²) >= 11 is 0. The maximum atomic E-state index is 13.3. The number of nitrogens with one attached hydrogen (secondary N) is 1. The zero-order valence-electron chi connectivity index (χ0n) is 13.0. The first-order valence-electron chi connectivity index (χ1n) is 7.84. The summed E-state index contributed by atoms with van der Waals surface area (Å²) in [5.41, 5.74) is 3.48. The third-order valence-corrected chi connectivity index (χ3v) is 4.21. The summed E-state index contributed by atoms with van der Waals surface area (Å²) in [4.78, 5) is 4.46. The topological polar surface area (TPSA) is 55.6 Å². The highest BCUT2D eigenvalue weighted by Gasteiger charge is 2.24. The molecule has 4 aromatic rings. The van der Waals surface area contributed by atoms with Gasteiger partial charge in [-0.3, -0.25) is 4.57 Å². The number of hydrogen-bond acceptors (Lipinski definition) is 4. The highest BCUT2D eigenvalue weighted by Crippen LogP contribution is 2.38. The number of fused-ring (bicyclic) bond motifs is 5. The summed E-state index contributed by atoms with van der Waals surface area (Å²) in [7, 11) is 0. The van der Waals surface area contributed by atoms with E-state index < -0.39 is 0 Å². The molecule has 0 spiro atoms. The summed E-state index contributed by atoms with van der Waals surface area (Å²) in [6.07, 6.45) is 1.74. The van der Waals surface area contributed by atoms with E-state index in [4.69, 9.17) is 0 Å². The van der Waals surface area contributed by atoms with E-state index in [0.29, 0.717) is 11.6 Å². The monoisotopic (exact) mass is 329 g/mol. The Balaban J connectivity index is 1.85. The summed E-state index contributed by atoms with van der Waals surface area (Å²) in [6, 6.07) is 18.0. The summed E-state index contributed by atoms with van der Waals surface area (Å²) in [5.74, 6) is 1.79. The van der Waals surface area contributed by atoms with Crippen LogP contribution in [0.15, 0.2) is 66.9 Å². The molecule has 1 aliphatic heterocycles. The van der Waals surface area contributed by atoms with Gasteiger partial charge in [-0.2, -0.15) is 0 Å². The third kappa shape index (κ3) is 2.11. The molecule has 3 heterocycles. The summed E-state index contributed by atoms with van der Waals surface area (Å²) < 4.78 is 15.3. The molecule has 2 aromatic carbocycles. The number of nitrogens with zero attached hydrogens (tertiary/aromatic N) is 4. The van der Waals surface area contributed by atoms with Crippen LogP contribution >= 0.6 is 0 Å². The second-order valence-corrected chi connectivity index (χ2v) is 5.73. The first kappa shape index (κ1) is 13.9. The van der Waals surface area contributed by atoms with Crippen LogP contribution in [0.1, 0.15) is 0 Å². The summed E-state index contributed by atoms with van der Waals surface area (Å²) in [5, 5.41) is 12.1. The molecule has 120 valence electrons. The molecule has 0 fully saturated rings. The molecule has 1 aliphatic rings. The predicted molar refractivity (Wildman–Crippen MR) is 93.3 cm³/mol. The average Bonchev–Trinajstić information content (AvgIpc) is 3.02. The zero-order chi connectivity index (χ0) is 16.8. The minimum Gasteiger partial charge on any atom is -0.338 e. The first-order valence-corrected chi connectivity index (χ1v) is 7.84. The van der Waals surface area contributed by atoms with E-state index in [1.54, 1.807) is 18.3 Å². The van der Waals surface area contributed by atoms with E-state index in [1.807, 2.05) is 41.0 Å². The van der Waals surface area contributed by atoms with Crippen molar-refractivity contribution in [3.63, 3.8) is 0 Å². The van der Waals surface area contributed by atoms with Gasteiger partial charge in [0.05, 0.1) is 11.4 Å². The van der Waals surface area contributed by atoms with Gasteiger partial charge in [0.25, 0.3) is 0 Å². The molecule has 2 aromatic heterocycles. The van der Waals surface area contributed by atoms with Gasteiger partial charge in [-0.05, 0) is 48.5 Å². The van der Waals surface area contributed by atoms with Crippen molar-refractivity contribution < 1.29 is 4.39 Å². The van der Waals surface area contributed by atoms with E-state index >= 15 is 0 Å². The van der Waals surface area contributed by atoms with Crippen LogP contribution in [-0.2, 0) is 0 Å². The predicted octanol–water partition coefficient (Wildman–Crippen LogP) is 4.19. The van der Waals surface area contributed by atoms with Crippen molar-refractivity contribution >= 4 is 11.5 Å². The molecular weight excluding hydrogens is 317 g/mol. The maximum Gasteiger partial charge on any atom is 0.171 e. The normalized spacial score (nSPS) is 11.7. The quantitative estimate of drug-likeness (QED) is 0.501. The number of halogens is 1. The van der Waals surface area contributed by atoms with Crippen LogP contribution in [-0.4, -0.2) is 19.7 Å². The highest BCUT2D eigenvalue weighted by atomic mass is 19.1. The van der Waals surface area contributed by atoms with Gasteiger partial charge in [0.15, 0.2) is 17.5 Å². The molecule has 0 unspecified atom stereocenters. The van der Waals surface area contributed by atoms with E-state index in [2.05, 4.69) is 20.5 Å². The fraction of sp³-hybridized carbons (Fsp3) is 0. The van der Waals surface area contributed by atoms with Crippen molar-refractivity contribution in [1.29, 1.82) is 0 Å². The molecular formula is C19H12FN5. The largest absolute Gasteiger partial charge is 0.338 e. The Kier molecular flexibility index (Phi) is 2.90. The molecule has 0 aliphatic carbocycles. The molecule has 5 nitrogen and oxygen atoms in total. The lowest BCUT2D eigenvalue weighted by Crippen LogP contribution is -2.01. The number of rotatable bonds is 1. The van der Waals surface area contributed by atoms with Gasteiger partial charge < -0.3 is 5.32 Å². The number of pyridine rings is 1. The Labute approximate surface area is 142 Å². The number of anilines is 2. The SMILES string of the molecule is Fc1ccc(-c2nnc3n2-c2cccnc2Nc2ccccc2-3)cc1. The van der Waals surface area contributed by atoms with Crippen LogP contribution < -0.4 is 5.32 Å². The standard InChI is InChI=1S/C19H12FN5/c20-13-9-7-12(8-10-13)18-23-24-19-14-4-1-2-5-15(14)22-17-16(25(18)19)6-3-11-21-17/h1-11H,(H,21,22). The molecule has 0 saturated carbocycles. The maximum absolute atomic E-state index is 13.3. The van der Waals surface area contributed by atoms with E-state index in [0.717, 1.165) is 28.3 Å². The second-order valence-electron chi connectivity index (χ2n) is 5.73. The van der Waals surface area contributed by atoms with E-state index in [-0.39, 0.29) is 5.82 Å². The zero-order valence-corrected chi connectivity index (χ0v) is 13.0. The lowest BCUT2D eigenvalue weighted by Gasteiger charge is -2.10. The Morgan fingerprint density at radius 1 is 0.840 bits per heavy atom. The minimum atomic E-state index is -0.284. The van der Waals surface area contributed by atoms with Crippen LogP contribution in [0, 0.1) is 5.82 Å². The van der Waals surface area contributed by atoms with Crippen molar-refractivity contribution in [3.8, 4) is 28.5 Å². The van der Waals surface area contributed by atoms with Crippen LogP contribution in [0.3, 0.4) is 0 Å².